The summed E-state index contributed by atoms with van der Waals surface area (Å²) in [4.78, 5) is 3.32. The molecule has 0 atom stereocenters. The number of allylic oxidation sites excluding steroid dienone is 1. The molecule has 2 rings (SSSR count). The zero-order chi connectivity index (χ0) is 16.5. The number of anilines is 1. The predicted octanol–water partition coefficient (Wildman–Crippen LogP) is 5.83. The Bertz CT molecular complexity index is 648. The Hall–Kier alpha value is -2.05. The summed E-state index contributed by atoms with van der Waals surface area (Å²) < 4.78 is 0. The lowest BCUT2D eigenvalue weighted by atomic mass is 10.1. The molecular formula is C20H24N2S. The maximum atomic E-state index is 9.32. The molecule has 0 saturated heterocycles. The second-order valence-corrected chi connectivity index (χ2v) is 6.67. The molecule has 0 fully saturated rings. The van der Waals surface area contributed by atoms with E-state index in [1.807, 2.05) is 23.6 Å². The van der Waals surface area contributed by atoms with Crippen molar-refractivity contribution in [3.05, 3.63) is 52.2 Å². The summed E-state index contributed by atoms with van der Waals surface area (Å²) in [6.45, 7) is 3.33. The topological polar surface area (TPSA) is 27.0 Å². The lowest BCUT2D eigenvalue weighted by Gasteiger charge is -2.19. The van der Waals surface area contributed by atoms with Gasteiger partial charge in [-0.1, -0.05) is 44.4 Å². The van der Waals surface area contributed by atoms with E-state index in [-0.39, 0.29) is 0 Å². The first-order chi connectivity index (χ1) is 11.2. The van der Waals surface area contributed by atoms with E-state index < -0.39 is 0 Å². The average Bonchev–Trinajstić information content (AvgIpc) is 3.11. The summed E-state index contributed by atoms with van der Waals surface area (Å²) in [6.07, 6.45) is 7.08. The molecular weight excluding hydrogens is 300 g/mol. The fourth-order valence-corrected chi connectivity index (χ4v) is 3.18. The van der Waals surface area contributed by atoms with Crippen LogP contribution in [-0.2, 0) is 0 Å². The van der Waals surface area contributed by atoms with Gasteiger partial charge in [0.1, 0.15) is 6.07 Å². The zero-order valence-electron chi connectivity index (χ0n) is 14.0. The van der Waals surface area contributed by atoms with Gasteiger partial charge in [0, 0.05) is 24.2 Å². The van der Waals surface area contributed by atoms with Gasteiger partial charge < -0.3 is 4.90 Å². The first-order valence-corrected chi connectivity index (χ1v) is 9.09. The van der Waals surface area contributed by atoms with Gasteiger partial charge in [-0.25, -0.2) is 0 Å². The largest absolute Gasteiger partial charge is 0.375 e. The molecule has 0 radical (unpaired) electrons. The van der Waals surface area contributed by atoms with Gasteiger partial charge in [-0.15, -0.1) is 11.3 Å². The normalized spacial score (nSPS) is 11.3. The number of rotatable bonds is 8. The highest BCUT2D eigenvalue weighted by Crippen LogP contribution is 2.23. The number of nitriles is 1. The van der Waals surface area contributed by atoms with E-state index in [9.17, 15) is 5.26 Å². The van der Waals surface area contributed by atoms with E-state index in [1.165, 1.54) is 31.4 Å². The number of thiophene rings is 1. The molecule has 0 N–H and O–H groups in total. The van der Waals surface area contributed by atoms with Crippen molar-refractivity contribution in [3.8, 4) is 6.07 Å². The summed E-state index contributed by atoms with van der Waals surface area (Å²) in [6, 6.07) is 14.7. The Morgan fingerprint density at radius 2 is 1.96 bits per heavy atom. The highest BCUT2D eigenvalue weighted by Gasteiger charge is 2.03. The first kappa shape index (κ1) is 17.3. The third kappa shape index (κ3) is 5.26. The van der Waals surface area contributed by atoms with Crippen molar-refractivity contribution in [1.82, 2.24) is 0 Å². The molecule has 1 heterocycles. The van der Waals surface area contributed by atoms with Crippen LogP contribution in [0.25, 0.3) is 11.6 Å². The van der Waals surface area contributed by atoms with Gasteiger partial charge in [0.25, 0.3) is 0 Å². The summed E-state index contributed by atoms with van der Waals surface area (Å²) in [5.41, 5.74) is 3.02. The summed E-state index contributed by atoms with van der Waals surface area (Å²) in [5, 5.41) is 11.3. The molecule has 0 unspecified atom stereocenters. The minimum Gasteiger partial charge on any atom is -0.375 e. The van der Waals surface area contributed by atoms with Gasteiger partial charge in [0.05, 0.1) is 5.57 Å². The Balaban J connectivity index is 2.00. The highest BCUT2D eigenvalue weighted by molar-refractivity contribution is 7.11. The second-order valence-electron chi connectivity index (χ2n) is 5.72. The number of nitrogens with zero attached hydrogens (tertiary/aromatic N) is 2. The fraction of sp³-hybridized carbons (Fsp3) is 0.350. The number of hydrogen-bond donors (Lipinski definition) is 0. The highest BCUT2D eigenvalue weighted by atomic mass is 32.1. The van der Waals surface area contributed by atoms with Crippen molar-refractivity contribution in [3.63, 3.8) is 0 Å². The maximum Gasteiger partial charge on any atom is 0.101 e. The van der Waals surface area contributed by atoms with Crippen LogP contribution in [0.2, 0.25) is 0 Å². The molecule has 23 heavy (non-hydrogen) atoms. The Labute approximate surface area is 143 Å². The molecule has 0 aliphatic carbocycles. The van der Waals surface area contributed by atoms with Gasteiger partial charge in [-0.05, 0) is 41.6 Å². The predicted molar refractivity (Wildman–Crippen MR) is 102 cm³/mol. The Kier molecular flexibility index (Phi) is 6.90. The van der Waals surface area contributed by atoms with E-state index in [2.05, 4.69) is 49.2 Å². The van der Waals surface area contributed by atoms with Crippen LogP contribution >= 0.6 is 11.3 Å². The Morgan fingerprint density at radius 1 is 1.17 bits per heavy atom. The van der Waals surface area contributed by atoms with Crippen LogP contribution in [0, 0.1) is 11.3 Å². The molecule has 0 saturated carbocycles. The van der Waals surface area contributed by atoms with Gasteiger partial charge in [0.15, 0.2) is 0 Å². The SMILES string of the molecule is CCCCCCN(C)c1ccc(/C=C(\C#N)c2cccs2)cc1. The van der Waals surface area contributed by atoms with Gasteiger partial charge >= 0.3 is 0 Å². The monoisotopic (exact) mass is 324 g/mol. The van der Waals surface area contributed by atoms with Crippen LogP contribution < -0.4 is 4.90 Å². The molecule has 1 aromatic carbocycles. The van der Waals surface area contributed by atoms with Crippen molar-refractivity contribution in [1.29, 1.82) is 5.26 Å². The van der Waals surface area contributed by atoms with Crippen LogP contribution in [0.3, 0.4) is 0 Å². The van der Waals surface area contributed by atoms with Crippen LogP contribution in [0.15, 0.2) is 41.8 Å². The lowest BCUT2D eigenvalue weighted by Crippen LogP contribution is -2.18. The van der Waals surface area contributed by atoms with E-state index in [1.54, 1.807) is 11.3 Å². The van der Waals surface area contributed by atoms with Crippen molar-refractivity contribution >= 4 is 28.7 Å². The minimum atomic E-state index is 0.723. The molecule has 1 aromatic heterocycles. The third-order valence-electron chi connectivity index (χ3n) is 3.90. The first-order valence-electron chi connectivity index (χ1n) is 8.21. The quantitative estimate of drug-likeness (QED) is 0.451. The summed E-state index contributed by atoms with van der Waals surface area (Å²) in [5.74, 6) is 0. The van der Waals surface area contributed by atoms with Crippen molar-refractivity contribution in [2.24, 2.45) is 0 Å². The van der Waals surface area contributed by atoms with E-state index in [0.29, 0.717) is 0 Å². The van der Waals surface area contributed by atoms with E-state index >= 15 is 0 Å². The summed E-state index contributed by atoms with van der Waals surface area (Å²) in [7, 11) is 2.14. The fourth-order valence-electron chi connectivity index (χ4n) is 2.49. The van der Waals surface area contributed by atoms with Crippen molar-refractivity contribution in [2.45, 2.75) is 32.6 Å². The van der Waals surface area contributed by atoms with Crippen LogP contribution in [0.1, 0.15) is 43.0 Å². The van der Waals surface area contributed by atoms with Gasteiger partial charge in [0.2, 0.25) is 0 Å². The smallest absolute Gasteiger partial charge is 0.101 e. The average molecular weight is 324 g/mol. The molecule has 3 heteroatoms. The molecule has 0 spiro atoms. The molecule has 0 aliphatic heterocycles. The molecule has 2 nitrogen and oxygen atoms in total. The van der Waals surface area contributed by atoms with Crippen LogP contribution in [-0.4, -0.2) is 13.6 Å². The van der Waals surface area contributed by atoms with Crippen molar-refractivity contribution in [2.75, 3.05) is 18.5 Å². The third-order valence-corrected chi connectivity index (χ3v) is 4.80. The lowest BCUT2D eigenvalue weighted by molar-refractivity contribution is 0.661. The zero-order valence-corrected chi connectivity index (χ0v) is 14.8. The molecule has 0 aliphatic rings. The Morgan fingerprint density at radius 3 is 2.57 bits per heavy atom. The second kappa shape index (κ2) is 9.17. The van der Waals surface area contributed by atoms with E-state index in [0.717, 1.165) is 22.6 Å². The van der Waals surface area contributed by atoms with Crippen LogP contribution in [0.4, 0.5) is 5.69 Å². The van der Waals surface area contributed by atoms with Crippen LogP contribution in [0.5, 0.6) is 0 Å². The maximum absolute atomic E-state index is 9.32. The van der Waals surface area contributed by atoms with Gasteiger partial charge in [-0.3, -0.25) is 0 Å². The molecule has 0 amide bonds. The van der Waals surface area contributed by atoms with Crippen molar-refractivity contribution < 1.29 is 0 Å². The standard InChI is InChI=1S/C20H24N2S/c1-3-4-5-6-13-22(2)19-11-9-17(10-12-19)15-18(16-21)20-8-7-14-23-20/h7-12,14-15H,3-6,13H2,1-2H3/b18-15+. The molecule has 0 bridgehead atoms. The molecule has 120 valence electrons. The van der Waals surface area contributed by atoms with E-state index in [4.69, 9.17) is 0 Å². The molecule has 2 aromatic rings. The summed E-state index contributed by atoms with van der Waals surface area (Å²) >= 11 is 1.60. The number of hydrogen-bond acceptors (Lipinski definition) is 3. The number of unbranched alkanes of at least 4 members (excludes halogenated alkanes) is 3. The van der Waals surface area contributed by atoms with Gasteiger partial charge in [-0.2, -0.15) is 5.26 Å². The number of benzene rings is 1. The minimum absolute atomic E-state index is 0.723.